The van der Waals surface area contributed by atoms with Crippen LogP contribution in [0.15, 0.2) is 54.9 Å². The Morgan fingerprint density at radius 1 is 0.840 bits per heavy atom. The van der Waals surface area contributed by atoms with E-state index in [1.807, 2.05) is 69.3 Å². The van der Waals surface area contributed by atoms with E-state index in [1.165, 1.54) is 11.9 Å². The number of rotatable bonds is 4. The molecule has 0 saturated heterocycles. The number of hydrogen-bond donors (Lipinski definition) is 2. The quantitative estimate of drug-likeness (QED) is 0.743. The fraction of sp³-hybridized carbons (Fsp3) is 0.150. The van der Waals surface area contributed by atoms with Gasteiger partial charge in [0.1, 0.15) is 12.1 Å². The van der Waals surface area contributed by atoms with E-state index in [1.54, 1.807) is 0 Å². The van der Waals surface area contributed by atoms with E-state index < -0.39 is 0 Å². The highest BCUT2D eigenvalue weighted by atomic mass is 16.1. The van der Waals surface area contributed by atoms with Crippen molar-refractivity contribution in [1.82, 2.24) is 9.97 Å². The summed E-state index contributed by atoms with van der Waals surface area (Å²) in [5.41, 5.74) is 5.46. The first-order valence-corrected chi connectivity index (χ1v) is 8.05. The van der Waals surface area contributed by atoms with Gasteiger partial charge in [-0.05, 0) is 68.3 Å². The van der Waals surface area contributed by atoms with Crippen LogP contribution in [0.2, 0.25) is 0 Å². The minimum absolute atomic E-state index is 0.116. The first-order chi connectivity index (χ1) is 12.0. The molecule has 0 aliphatic rings. The second-order valence-corrected chi connectivity index (χ2v) is 6.00. The molecule has 0 atom stereocenters. The Morgan fingerprint density at radius 3 is 2.24 bits per heavy atom. The summed E-state index contributed by atoms with van der Waals surface area (Å²) in [6.07, 6.45) is 1.52. The summed E-state index contributed by atoms with van der Waals surface area (Å²) >= 11 is 0. The Labute approximate surface area is 147 Å². The lowest BCUT2D eigenvalue weighted by Gasteiger charge is -2.09. The van der Waals surface area contributed by atoms with E-state index in [0.29, 0.717) is 5.56 Å². The van der Waals surface area contributed by atoms with E-state index in [0.717, 1.165) is 28.5 Å². The summed E-state index contributed by atoms with van der Waals surface area (Å²) in [5, 5.41) is 6.12. The van der Waals surface area contributed by atoms with Gasteiger partial charge in [-0.3, -0.25) is 4.79 Å². The van der Waals surface area contributed by atoms with Crippen molar-refractivity contribution < 1.29 is 4.79 Å². The van der Waals surface area contributed by atoms with Crippen molar-refractivity contribution in [3.63, 3.8) is 0 Å². The van der Waals surface area contributed by atoms with Gasteiger partial charge in [0.2, 0.25) is 0 Å². The molecule has 2 aromatic carbocycles. The Balaban J connectivity index is 1.67. The molecule has 126 valence electrons. The van der Waals surface area contributed by atoms with Crippen LogP contribution in [0.1, 0.15) is 27.2 Å². The normalized spacial score (nSPS) is 10.4. The monoisotopic (exact) mass is 332 g/mol. The number of aromatic nitrogens is 2. The number of aryl methyl sites for hydroxylation is 3. The minimum atomic E-state index is -0.116. The van der Waals surface area contributed by atoms with Crippen LogP contribution in [0.25, 0.3) is 0 Å². The van der Waals surface area contributed by atoms with Crippen LogP contribution in [0, 0.1) is 20.8 Å². The summed E-state index contributed by atoms with van der Waals surface area (Å²) in [6.45, 7) is 5.95. The molecular weight excluding hydrogens is 312 g/mol. The maximum atomic E-state index is 12.3. The molecule has 0 unspecified atom stereocenters. The Morgan fingerprint density at radius 2 is 1.56 bits per heavy atom. The zero-order valence-electron chi connectivity index (χ0n) is 14.5. The van der Waals surface area contributed by atoms with Crippen LogP contribution >= 0.6 is 0 Å². The maximum absolute atomic E-state index is 12.3. The zero-order chi connectivity index (χ0) is 17.8. The molecule has 3 aromatic rings. The molecule has 25 heavy (non-hydrogen) atoms. The predicted octanol–water partition coefficient (Wildman–Crippen LogP) is 4.40. The van der Waals surface area contributed by atoms with Crippen molar-refractivity contribution in [2.75, 3.05) is 10.6 Å². The SMILES string of the molecule is Cc1cc(Nc2ccc(NC(=O)c3ccc(C)c(C)c3)cc2)ncn1. The van der Waals surface area contributed by atoms with Crippen molar-refractivity contribution in [2.45, 2.75) is 20.8 Å². The van der Waals surface area contributed by atoms with Gasteiger partial charge in [-0.15, -0.1) is 0 Å². The van der Waals surface area contributed by atoms with E-state index >= 15 is 0 Å². The second-order valence-electron chi connectivity index (χ2n) is 6.00. The predicted molar refractivity (Wildman–Crippen MR) is 100 cm³/mol. The topological polar surface area (TPSA) is 66.9 Å². The molecule has 0 aliphatic heterocycles. The van der Waals surface area contributed by atoms with E-state index in [-0.39, 0.29) is 5.91 Å². The standard InChI is InChI=1S/C20H20N4O/c1-13-4-5-16(10-14(13)2)20(25)24-18-8-6-17(7-9-18)23-19-11-15(3)21-12-22-19/h4-12H,1-3H3,(H,24,25)(H,21,22,23). The largest absolute Gasteiger partial charge is 0.340 e. The van der Waals surface area contributed by atoms with Crippen LogP contribution in [-0.2, 0) is 0 Å². The van der Waals surface area contributed by atoms with E-state index in [2.05, 4.69) is 20.6 Å². The van der Waals surface area contributed by atoms with Crippen molar-refractivity contribution in [2.24, 2.45) is 0 Å². The molecule has 5 heteroatoms. The van der Waals surface area contributed by atoms with Crippen molar-refractivity contribution in [1.29, 1.82) is 0 Å². The average Bonchev–Trinajstić information content (AvgIpc) is 2.59. The number of benzene rings is 2. The molecule has 0 spiro atoms. The summed E-state index contributed by atoms with van der Waals surface area (Å²) in [4.78, 5) is 20.6. The fourth-order valence-corrected chi connectivity index (χ4v) is 2.39. The lowest BCUT2D eigenvalue weighted by atomic mass is 10.1. The molecule has 0 bridgehead atoms. The summed E-state index contributed by atoms with van der Waals surface area (Å²) in [6, 6.07) is 15.1. The summed E-state index contributed by atoms with van der Waals surface area (Å²) in [7, 11) is 0. The first-order valence-electron chi connectivity index (χ1n) is 8.05. The third-order valence-corrected chi connectivity index (χ3v) is 3.99. The number of carbonyl (C=O) groups is 1. The number of hydrogen-bond acceptors (Lipinski definition) is 4. The molecule has 5 nitrogen and oxygen atoms in total. The third kappa shape index (κ3) is 4.20. The Bertz CT molecular complexity index is 904. The lowest BCUT2D eigenvalue weighted by Crippen LogP contribution is -2.12. The van der Waals surface area contributed by atoms with Gasteiger partial charge in [0, 0.05) is 28.7 Å². The number of nitrogens with zero attached hydrogens (tertiary/aromatic N) is 2. The maximum Gasteiger partial charge on any atom is 0.255 e. The van der Waals surface area contributed by atoms with Gasteiger partial charge >= 0.3 is 0 Å². The number of anilines is 3. The third-order valence-electron chi connectivity index (χ3n) is 3.99. The Kier molecular flexibility index (Phi) is 4.75. The van der Waals surface area contributed by atoms with Crippen LogP contribution in [0.5, 0.6) is 0 Å². The molecule has 3 rings (SSSR count). The molecule has 1 heterocycles. The molecule has 2 N–H and O–H groups in total. The molecule has 1 aromatic heterocycles. The van der Waals surface area contributed by atoms with Gasteiger partial charge in [-0.1, -0.05) is 6.07 Å². The van der Waals surface area contributed by atoms with Gasteiger partial charge in [0.15, 0.2) is 0 Å². The van der Waals surface area contributed by atoms with Crippen LogP contribution < -0.4 is 10.6 Å². The molecular formula is C20H20N4O. The Hall–Kier alpha value is -3.21. The number of nitrogens with one attached hydrogen (secondary N) is 2. The van der Waals surface area contributed by atoms with Crippen molar-refractivity contribution in [3.05, 3.63) is 77.2 Å². The zero-order valence-corrected chi connectivity index (χ0v) is 14.5. The minimum Gasteiger partial charge on any atom is -0.340 e. The van der Waals surface area contributed by atoms with Gasteiger partial charge in [-0.2, -0.15) is 0 Å². The number of amides is 1. The second kappa shape index (κ2) is 7.13. The smallest absolute Gasteiger partial charge is 0.255 e. The van der Waals surface area contributed by atoms with Crippen LogP contribution in [0.3, 0.4) is 0 Å². The van der Waals surface area contributed by atoms with Crippen LogP contribution in [-0.4, -0.2) is 15.9 Å². The highest BCUT2D eigenvalue weighted by Gasteiger charge is 2.07. The highest BCUT2D eigenvalue weighted by molar-refractivity contribution is 6.04. The summed E-state index contributed by atoms with van der Waals surface area (Å²) < 4.78 is 0. The average molecular weight is 332 g/mol. The van der Waals surface area contributed by atoms with Gasteiger partial charge in [-0.25, -0.2) is 9.97 Å². The summed E-state index contributed by atoms with van der Waals surface area (Å²) in [5.74, 6) is 0.620. The molecule has 0 aliphatic carbocycles. The molecule has 0 fully saturated rings. The lowest BCUT2D eigenvalue weighted by molar-refractivity contribution is 0.102. The van der Waals surface area contributed by atoms with Crippen LogP contribution in [0.4, 0.5) is 17.2 Å². The number of carbonyl (C=O) groups excluding carboxylic acids is 1. The molecule has 1 amide bonds. The van der Waals surface area contributed by atoms with Gasteiger partial charge < -0.3 is 10.6 Å². The van der Waals surface area contributed by atoms with Gasteiger partial charge in [0.05, 0.1) is 0 Å². The van der Waals surface area contributed by atoms with Gasteiger partial charge in [0.25, 0.3) is 5.91 Å². The van der Waals surface area contributed by atoms with E-state index in [9.17, 15) is 4.79 Å². The van der Waals surface area contributed by atoms with Crippen molar-refractivity contribution in [3.8, 4) is 0 Å². The van der Waals surface area contributed by atoms with Crippen molar-refractivity contribution >= 4 is 23.1 Å². The molecule has 0 radical (unpaired) electrons. The fourth-order valence-electron chi connectivity index (χ4n) is 2.39. The molecule has 0 saturated carbocycles. The first kappa shape index (κ1) is 16.6. The highest BCUT2D eigenvalue weighted by Crippen LogP contribution is 2.19. The van der Waals surface area contributed by atoms with E-state index in [4.69, 9.17) is 0 Å².